The average molecular weight is 263 g/mol. The number of carbonyl (C=O) groups is 1. The fraction of sp³-hybridized carbons (Fsp3) is 0.231. The first-order valence-electron chi connectivity index (χ1n) is 5.81. The predicted molar refractivity (Wildman–Crippen MR) is 68.2 cm³/mol. The van der Waals surface area contributed by atoms with E-state index in [1.54, 1.807) is 32.0 Å². The van der Waals surface area contributed by atoms with E-state index in [9.17, 15) is 9.18 Å². The largest absolute Gasteiger partial charge is 0.360 e. The van der Waals surface area contributed by atoms with E-state index >= 15 is 0 Å². The van der Waals surface area contributed by atoms with Crippen LogP contribution in [0.5, 0.6) is 0 Å². The molecule has 2 aromatic rings. The average Bonchev–Trinajstić information content (AvgIpc) is 2.75. The molecular weight excluding hydrogens is 249 g/mol. The summed E-state index contributed by atoms with van der Waals surface area (Å²) < 4.78 is 17.6. The molecule has 0 radical (unpaired) electrons. The van der Waals surface area contributed by atoms with Crippen LogP contribution in [0, 0.1) is 12.7 Å². The first-order chi connectivity index (χ1) is 9.04. The molecule has 0 spiro atoms. The van der Waals surface area contributed by atoms with Gasteiger partial charge >= 0.3 is 6.03 Å². The first kappa shape index (κ1) is 13.1. The van der Waals surface area contributed by atoms with Crippen LogP contribution in [0.1, 0.15) is 24.3 Å². The number of nitrogens with zero attached hydrogens (tertiary/aromatic N) is 1. The summed E-state index contributed by atoms with van der Waals surface area (Å²) in [6.45, 7) is 3.54. The van der Waals surface area contributed by atoms with Crippen LogP contribution in [0.15, 0.2) is 34.9 Å². The number of carbonyl (C=O) groups excluding carboxylic acids is 1. The van der Waals surface area contributed by atoms with Crippen LogP contribution < -0.4 is 10.6 Å². The van der Waals surface area contributed by atoms with Crippen molar-refractivity contribution in [1.82, 2.24) is 10.5 Å². The highest BCUT2D eigenvalue weighted by Gasteiger charge is 2.11. The van der Waals surface area contributed by atoms with Crippen LogP contribution >= 0.6 is 0 Å². The number of nitrogens with one attached hydrogen (secondary N) is 2. The molecule has 1 atom stereocenters. The number of amides is 2. The molecule has 5 nitrogen and oxygen atoms in total. The van der Waals surface area contributed by atoms with Crippen LogP contribution in [-0.2, 0) is 0 Å². The Morgan fingerprint density at radius 1 is 1.37 bits per heavy atom. The Labute approximate surface area is 109 Å². The number of halogens is 1. The number of rotatable bonds is 3. The van der Waals surface area contributed by atoms with Gasteiger partial charge in [0.1, 0.15) is 11.6 Å². The van der Waals surface area contributed by atoms with Gasteiger partial charge in [-0.25, -0.2) is 9.18 Å². The molecule has 0 unspecified atom stereocenters. The van der Waals surface area contributed by atoms with Crippen LogP contribution in [0.4, 0.5) is 15.0 Å². The van der Waals surface area contributed by atoms with E-state index < -0.39 is 6.03 Å². The van der Waals surface area contributed by atoms with Crippen molar-refractivity contribution in [3.8, 4) is 0 Å². The SMILES string of the molecule is Cc1cc(NC(=O)N[C@@H](C)c2ccc(F)cc2)no1. The summed E-state index contributed by atoms with van der Waals surface area (Å²) in [6, 6.07) is 6.93. The molecule has 19 heavy (non-hydrogen) atoms. The normalized spacial score (nSPS) is 11.9. The molecule has 1 aromatic heterocycles. The lowest BCUT2D eigenvalue weighted by atomic mass is 10.1. The van der Waals surface area contributed by atoms with Gasteiger partial charge in [-0.15, -0.1) is 0 Å². The van der Waals surface area contributed by atoms with Crippen molar-refractivity contribution >= 4 is 11.8 Å². The Balaban J connectivity index is 1.93. The zero-order valence-electron chi connectivity index (χ0n) is 10.6. The maximum Gasteiger partial charge on any atom is 0.320 e. The van der Waals surface area contributed by atoms with Crippen molar-refractivity contribution in [1.29, 1.82) is 0 Å². The summed E-state index contributed by atoms with van der Waals surface area (Å²) in [5.74, 6) is 0.654. The molecule has 0 bridgehead atoms. The lowest BCUT2D eigenvalue weighted by Gasteiger charge is -2.14. The Hall–Kier alpha value is -2.37. The van der Waals surface area contributed by atoms with Crippen molar-refractivity contribution in [2.45, 2.75) is 19.9 Å². The molecule has 1 aromatic carbocycles. The van der Waals surface area contributed by atoms with Crippen LogP contribution in [0.25, 0.3) is 0 Å². The summed E-state index contributed by atoms with van der Waals surface area (Å²) in [7, 11) is 0. The standard InChI is InChI=1S/C13H14FN3O2/c1-8-7-12(17-19-8)16-13(18)15-9(2)10-3-5-11(14)6-4-10/h3-7,9H,1-2H3,(H2,15,16,17,18)/t9-/m0/s1. The Bertz CT molecular complexity index is 566. The topological polar surface area (TPSA) is 67.2 Å². The second-order valence-electron chi connectivity index (χ2n) is 4.19. The minimum atomic E-state index is -0.398. The highest BCUT2D eigenvalue weighted by atomic mass is 19.1. The Morgan fingerprint density at radius 2 is 2.05 bits per heavy atom. The number of anilines is 1. The van der Waals surface area contributed by atoms with Crippen molar-refractivity contribution in [3.63, 3.8) is 0 Å². The van der Waals surface area contributed by atoms with Crippen LogP contribution in [0.3, 0.4) is 0 Å². The highest BCUT2D eigenvalue weighted by molar-refractivity contribution is 5.88. The number of hydrogen-bond acceptors (Lipinski definition) is 3. The molecule has 100 valence electrons. The van der Waals surface area contributed by atoms with Crippen LogP contribution in [0.2, 0.25) is 0 Å². The molecule has 0 aliphatic heterocycles. The first-order valence-corrected chi connectivity index (χ1v) is 5.81. The van der Waals surface area contributed by atoms with E-state index in [2.05, 4.69) is 15.8 Å². The molecule has 0 fully saturated rings. The highest BCUT2D eigenvalue weighted by Crippen LogP contribution is 2.13. The fourth-order valence-electron chi connectivity index (χ4n) is 1.61. The predicted octanol–water partition coefficient (Wildman–Crippen LogP) is 3.00. The number of hydrogen-bond donors (Lipinski definition) is 2. The zero-order chi connectivity index (χ0) is 13.8. The number of aromatic nitrogens is 1. The van der Waals surface area contributed by atoms with Gasteiger partial charge in [-0.05, 0) is 31.5 Å². The summed E-state index contributed by atoms with van der Waals surface area (Å²) >= 11 is 0. The third kappa shape index (κ3) is 3.54. The molecule has 0 aliphatic rings. The molecule has 2 N–H and O–H groups in total. The van der Waals surface area contributed by atoms with E-state index in [4.69, 9.17) is 4.52 Å². The van der Waals surface area contributed by atoms with Gasteiger partial charge < -0.3 is 9.84 Å². The third-order valence-electron chi connectivity index (χ3n) is 2.59. The lowest BCUT2D eigenvalue weighted by Crippen LogP contribution is -2.31. The maximum atomic E-state index is 12.8. The molecule has 0 aliphatic carbocycles. The summed E-state index contributed by atoms with van der Waals surface area (Å²) in [4.78, 5) is 11.7. The van der Waals surface area contributed by atoms with Gasteiger partial charge in [-0.1, -0.05) is 17.3 Å². The second kappa shape index (κ2) is 5.51. The third-order valence-corrected chi connectivity index (χ3v) is 2.59. The van der Waals surface area contributed by atoms with E-state index in [-0.39, 0.29) is 11.9 Å². The second-order valence-corrected chi connectivity index (χ2v) is 4.19. The van der Waals surface area contributed by atoms with Gasteiger partial charge in [0.05, 0.1) is 6.04 Å². The summed E-state index contributed by atoms with van der Waals surface area (Å²) in [5, 5.41) is 8.92. The van der Waals surface area contributed by atoms with E-state index in [0.29, 0.717) is 11.6 Å². The number of aryl methyl sites for hydroxylation is 1. The maximum absolute atomic E-state index is 12.8. The van der Waals surface area contributed by atoms with Crippen molar-refractivity contribution < 1.29 is 13.7 Å². The zero-order valence-corrected chi connectivity index (χ0v) is 10.6. The monoisotopic (exact) mass is 263 g/mol. The van der Waals surface area contributed by atoms with Gasteiger partial charge in [0.25, 0.3) is 0 Å². The van der Waals surface area contributed by atoms with Gasteiger partial charge in [0, 0.05) is 6.07 Å². The minimum absolute atomic E-state index is 0.242. The van der Waals surface area contributed by atoms with Crippen LogP contribution in [-0.4, -0.2) is 11.2 Å². The summed E-state index contributed by atoms with van der Waals surface area (Å²) in [6.07, 6.45) is 0. The molecule has 2 amide bonds. The van der Waals surface area contributed by atoms with Gasteiger partial charge in [0.2, 0.25) is 0 Å². The fourth-order valence-corrected chi connectivity index (χ4v) is 1.61. The molecule has 0 saturated carbocycles. The van der Waals surface area contributed by atoms with Crippen molar-refractivity contribution in [3.05, 3.63) is 47.5 Å². The molecular formula is C13H14FN3O2. The van der Waals surface area contributed by atoms with Gasteiger partial charge in [-0.2, -0.15) is 0 Å². The Kier molecular flexibility index (Phi) is 3.79. The lowest BCUT2D eigenvalue weighted by molar-refractivity contribution is 0.249. The summed E-state index contributed by atoms with van der Waals surface area (Å²) in [5.41, 5.74) is 0.813. The van der Waals surface area contributed by atoms with E-state index in [1.807, 2.05) is 0 Å². The van der Waals surface area contributed by atoms with Crippen molar-refractivity contribution in [2.24, 2.45) is 0 Å². The molecule has 1 heterocycles. The van der Waals surface area contributed by atoms with E-state index in [0.717, 1.165) is 5.56 Å². The smallest absolute Gasteiger partial charge is 0.320 e. The molecule has 2 rings (SSSR count). The van der Waals surface area contributed by atoms with Gasteiger partial charge in [-0.3, -0.25) is 5.32 Å². The number of benzene rings is 1. The van der Waals surface area contributed by atoms with E-state index in [1.165, 1.54) is 12.1 Å². The quantitative estimate of drug-likeness (QED) is 0.894. The Morgan fingerprint density at radius 3 is 2.63 bits per heavy atom. The molecule has 0 saturated heterocycles. The number of urea groups is 1. The minimum Gasteiger partial charge on any atom is -0.360 e. The molecule has 6 heteroatoms. The van der Waals surface area contributed by atoms with Gasteiger partial charge in [0.15, 0.2) is 5.82 Å². The van der Waals surface area contributed by atoms with Crippen molar-refractivity contribution in [2.75, 3.05) is 5.32 Å².